The molecule has 32 heavy (non-hydrogen) atoms. The van der Waals surface area contributed by atoms with Crippen molar-refractivity contribution in [3.05, 3.63) is 33.9 Å². The number of alkyl halides is 1. The Labute approximate surface area is 197 Å². The number of ether oxygens (including phenoxy) is 1. The number of carbonyl (C=O) groups excluding carboxylic acids is 3. The van der Waals surface area contributed by atoms with E-state index in [1.165, 1.54) is 6.08 Å². The summed E-state index contributed by atoms with van der Waals surface area (Å²) >= 11 is 11.9. The molecule has 6 nitrogen and oxygen atoms in total. The zero-order valence-electron chi connectivity index (χ0n) is 18.2. The third-order valence-electron chi connectivity index (χ3n) is 6.62. The molecule has 0 radical (unpaired) electrons. The fraction of sp³-hybridized carbons (Fsp3) is 0.565. The first-order valence-electron chi connectivity index (χ1n) is 11.0. The highest BCUT2D eigenvalue weighted by atomic mass is 35.5. The molecule has 172 valence electrons. The van der Waals surface area contributed by atoms with E-state index < -0.39 is 29.4 Å². The molecule has 3 amide bonds. The lowest BCUT2D eigenvalue weighted by atomic mass is 9.80. The maximum absolute atomic E-state index is 15.8. The van der Waals surface area contributed by atoms with Crippen LogP contribution < -0.4 is 0 Å². The minimum absolute atomic E-state index is 0.0482. The molecule has 2 aliphatic carbocycles. The molecule has 0 bridgehead atoms. The summed E-state index contributed by atoms with van der Waals surface area (Å²) in [6, 6.07) is 0. The quantitative estimate of drug-likeness (QED) is 0.456. The fourth-order valence-corrected chi connectivity index (χ4v) is 5.47. The minimum Gasteiger partial charge on any atom is -0.375 e. The maximum Gasteiger partial charge on any atom is 0.258 e. The van der Waals surface area contributed by atoms with Crippen LogP contribution in [0.15, 0.2) is 33.9 Å². The molecule has 0 saturated carbocycles. The number of amides is 3. The van der Waals surface area contributed by atoms with Crippen molar-refractivity contribution in [3.63, 3.8) is 0 Å². The summed E-state index contributed by atoms with van der Waals surface area (Å²) < 4.78 is 21.3. The van der Waals surface area contributed by atoms with Gasteiger partial charge in [0, 0.05) is 29.1 Å². The molecule has 2 heterocycles. The van der Waals surface area contributed by atoms with E-state index in [1.807, 2.05) is 6.92 Å². The van der Waals surface area contributed by atoms with Crippen molar-refractivity contribution < 1.29 is 23.5 Å². The van der Waals surface area contributed by atoms with Crippen molar-refractivity contribution in [2.24, 2.45) is 0 Å². The molecule has 1 fully saturated rings. The smallest absolute Gasteiger partial charge is 0.258 e. The van der Waals surface area contributed by atoms with Gasteiger partial charge in [-0.2, -0.15) is 0 Å². The van der Waals surface area contributed by atoms with Crippen LogP contribution in [0.4, 0.5) is 4.39 Å². The van der Waals surface area contributed by atoms with Gasteiger partial charge < -0.3 is 9.64 Å². The van der Waals surface area contributed by atoms with Crippen molar-refractivity contribution in [2.45, 2.75) is 63.8 Å². The Morgan fingerprint density at radius 2 is 1.91 bits per heavy atom. The number of nitrogens with zero attached hydrogens (tertiary/aromatic N) is 2. The lowest BCUT2D eigenvalue weighted by Crippen LogP contribution is -2.62. The second kappa shape index (κ2) is 8.80. The van der Waals surface area contributed by atoms with Crippen LogP contribution in [-0.4, -0.2) is 69.9 Å². The lowest BCUT2D eigenvalue weighted by Gasteiger charge is -2.43. The van der Waals surface area contributed by atoms with Crippen molar-refractivity contribution in [3.8, 4) is 0 Å². The van der Waals surface area contributed by atoms with Gasteiger partial charge in [0.25, 0.3) is 17.7 Å². The predicted molar refractivity (Wildman–Crippen MR) is 122 cm³/mol. The number of imide groups is 1. The van der Waals surface area contributed by atoms with E-state index in [1.54, 1.807) is 11.8 Å². The van der Waals surface area contributed by atoms with E-state index in [4.69, 9.17) is 28.6 Å². The second-order valence-corrected chi connectivity index (χ2v) is 9.52. The van der Waals surface area contributed by atoms with Gasteiger partial charge in [-0.25, -0.2) is 4.39 Å². The third kappa shape index (κ3) is 3.56. The van der Waals surface area contributed by atoms with E-state index in [0.717, 1.165) is 23.8 Å². The molecule has 4 aliphatic rings. The third-order valence-corrected chi connectivity index (χ3v) is 7.57. The first-order chi connectivity index (χ1) is 15.2. The van der Waals surface area contributed by atoms with Crippen LogP contribution >= 0.6 is 23.8 Å². The Kier molecular flexibility index (Phi) is 6.40. The summed E-state index contributed by atoms with van der Waals surface area (Å²) in [6.07, 6.45) is 3.24. The van der Waals surface area contributed by atoms with Crippen LogP contribution in [0, 0.1) is 0 Å². The van der Waals surface area contributed by atoms with Crippen molar-refractivity contribution in [2.75, 3.05) is 19.7 Å². The molecule has 0 aromatic carbocycles. The molecule has 0 spiro atoms. The minimum atomic E-state index is -1.86. The number of hydrogen-bond donors (Lipinski definition) is 0. The molecule has 1 saturated heterocycles. The van der Waals surface area contributed by atoms with Crippen molar-refractivity contribution in [1.82, 2.24) is 9.80 Å². The normalized spacial score (nSPS) is 30.9. The van der Waals surface area contributed by atoms with Gasteiger partial charge >= 0.3 is 0 Å². The summed E-state index contributed by atoms with van der Waals surface area (Å²) in [5.74, 6) is -1.43. The van der Waals surface area contributed by atoms with Gasteiger partial charge in [0.05, 0.1) is 23.3 Å². The largest absolute Gasteiger partial charge is 0.375 e. The Bertz CT molecular complexity index is 962. The average molecular weight is 481 g/mol. The first kappa shape index (κ1) is 23.3. The highest BCUT2D eigenvalue weighted by Crippen LogP contribution is 2.44. The Hall–Kier alpha value is -1.90. The van der Waals surface area contributed by atoms with Crippen molar-refractivity contribution >= 4 is 46.4 Å². The number of morpholine rings is 1. The van der Waals surface area contributed by atoms with Crippen LogP contribution in [0.3, 0.4) is 0 Å². The lowest BCUT2D eigenvalue weighted by molar-refractivity contribution is -0.142. The number of thiocarbonyl (C=S) groups is 1. The highest BCUT2D eigenvalue weighted by molar-refractivity contribution is 7.80. The van der Waals surface area contributed by atoms with E-state index >= 15 is 4.39 Å². The summed E-state index contributed by atoms with van der Waals surface area (Å²) in [6.45, 7) is 4.71. The Balaban J connectivity index is 1.80. The van der Waals surface area contributed by atoms with Gasteiger partial charge in [-0.1, -0.05) is 30.7 Å². The van der Waals surface area contributed by atoms with Gasteiger partial charge in [-0.05, 0) is 51.2 Å². The first-order valence-corrected chi connectivity index (χ1v) is 11.8. The summed E-state index contributed by atoms with van der Waals surface area (Å²) in [7, 11) is 0. The molecule has 3 atom stereocenters. The van der Waals surface area contributed by atoms with Crippen LogP contribution in [-0.2, 0) is 19.1 Å². The van der Waals surface area contributed by atoms with Gasteiger partial charge in [-0.15, -0.1) is 0 Å². The van der Waals surface area contributed by atoms with E-state index in [2.05, 4.69) is 0 Å². The SMILES string of the molecule is CCC(=S)C1(N2C(=O)C3=C(CCCC3)C2=O)C=C(C(=O)N2CCOC(C)C2)C(Cl)=CC1F. The van der Waals surface area contributed by atoms with Crippen LogP contribution in [0.5, 0.6) is 0 Å². The van der Waals surface area contributed by atoms with E-state index in [0.29, 0.717) is 43.7 Å². The number of carbonyl (C=O) groups is 3. The standard InChI is InChI=1S/C23H26ClFN2O4S/c1-3-19(32)23(27-21(29)14-6-4-5-7-15(14)22(27)30)11-16(17(24)10-18(23)25)20(28)26-8-9-31-13(2)12-26/h10-11,13,18H,3-9,12H2,1-2H3. The number of hydrogen-bond acceptors (Lipinski definition) is 5. The maximum atomic E-state index is 15.8. The average Bonchev–Trinajstić information content (AvgIpc) is 3.04. The number of halogens is 2. The second-order valence-electron chi connectivity index (χ2n) is 8.62. The fourth-order valence-electron chi connectivity index (χ4n) is 4.96. The molecule has 0 aromatic heterocycles. The molecular weight excluding hydrogens is 455 g/mol. The zero-order valence-corrected chi connectivity index (χ0v) is 19.7. The molecule has 9 heteroatoms. The summed E-state index contributed by atoms with van der Waals surface area (Å²) in [5.41, 5.74) is -0.932. The molecule has 0 N–H and O–H groups in total. The van der Waals surface area contributed by atoms with Crippen LogP contribution in [0.1, 0.15) is 46.0 Å². The topological polar surface area (TPSA) is 66.9 Å². The molecular formula is C23H26ClFN2O4S. The Morgan fingerprint density at radius 1 is 1.28 bits per heavy atom. The van der Waals surface area contributed by atoms with Crippen LogP contribution in [0.2, 0.25) is 0 Å². The highest BCUT2D eigenvalue weighted by Gasteiger charge is 2.56. The van der Waals surface area contributed by atoms with Gasteiger partial charge in [0.1, 0.15) is 5.54 Å². The molecule has 4 rings (SSSR count). The monoisotopic (exact) mass is 480 g/mol. The van der Waals surface area contributed by atoms with E-state index in [9.17, 15) is 14.4 Å². The van der Waals surface area contributed by atoms with Gasteiger partial charge in [-0.3, -0.25) is 19.3 Å². The van der Waals surface area contributed by atoms with Gasteiger partial charge in [0.2, 0.25) is 0 Å². The van der Waals surface area contributed by atoms with E-state index in [-0.39, 0.29) is 28.0 Å². The van der Waals surface area contributed by atoms with Crippen molar-refractivity contribution in [1.29, 1.82) is 0 Å². The number of rotatable bonds is 4. The molecule has 0 aromatic rings. The van der Waals surface area contributed by atoms with Gasteiger partial charge in [0.15, 0.2) is 6.17 Å². The predicted octanol–water partition coefficient (Wildman–Crippen LogP) is 3.39. The summed E-state index contributed by atoms with van der Waals surface area (Å²) in [5, 5.41) is -0.0482. The molecule has 2 aliphatic heterocycles. The Morgan fingerprint density at radius 3 is 2.47 bits per heavy atom. The summed E-state index contributed by atoms with van der Waals surface area (Å²) in [4.78, 5) is 42.8. The molecule has 3 unspecified atom stereocenters. The zero-order chi connectivity index (χ0) is 23.2. The van der Waals surface area contributed by atoms with Crippen LogP contribution in [0.25, 0.3) is 0 Å².